The van der Waals surface area contributed by atoms with Crippen molar-refractivity contribution in [1.29, 1.82) is 0 Å². The third kappa shape index (κ3) is 4.36. The molecule has 0 fully saturated rings. The largest absolute Gasteiger partial charge is 0.325 e. The highest BCUT2D eigenvalue weighted by Gasteiger charge is 2.06. The van der Waals surface area contributed by atoms with Gasteiger partial charge in [0, 0.05) is 17.8 Å². The number of rotatable bonds is 5. The predicted molar refractivity (Wildman–Crippen MR) is 77.9 cm³/mol. The van der Waals surface area contributed by atoms with E-state index >= 15 is 0 Å². The highest BCUT2D eigenvalue weighted by Crippen LogP contribution is 2.12. The Morgan fingerprint density at radius 1 is 1.14 bits per heavy atom. The number of aryl methyl sites for hydroxylation is 1. The van der Waals surface area contributed by atoms with E-state index in [1.807, 2.05) is 25.1 Å². The van der Waals surface area contributed by atoms with Gasteiger partial charge in [-0.2, -0.15) is 0 Å². The zero-order valence-corrected chi connectivity index (χ0v) is 11.6. The number of halogens is 2. The molecule has 0 atom stereocenters. The Morgan fingerprint density at radius 3 is 2.67 bits per heavy atom. The summed E-state index contributed by atoms with van der Waals surface area (Å²) in [4.78, 5) is 11.8. The van der Waals surface area contributed by atoms with E-state index in [0.29, 0.717) is 0 Å². The third-order valence-corrected chi connectivity index (χ3v) is 3.03. The van der Waals surface area contributed by atoms with Gasteiger partial charge in [-0.3, -0.25) is 4.79 Å². The predicted octanol–water partition coefficient (Wildman–Crippen LogP) is 3.00. The molecule has 1 amide bonds. The zero-order chi connectivity index (χ0) is 15.2. The van der Waals surface area contributed by atoms with Gasteiger partial charge in [0.05, 0.1) is 6.54 Å². The molecule has 5 heteroatoms. The van der Waals surface area contributed by atoms with Gasteiger partial charge in [-0.05, 0) is 36.8 Å². The number of para-hydroxylation sites is 1. The SMILES string of the molecule is Cc1ccccc1NC(=O)CNCc1cc(F)ccc1F. The van der Waals surface area contributed by atoms with Crippen LogP contribution in [-0.4, -0.2) is 12.5 Å². The number of carbonyl (C=O) groups is 1. The Labute approximate surface area is 122 Å². The van der Waals surface area contributed by atoms with Crippen molar-refractivity contribution in [3.63, 3.8) is 0 Å². The molecule has 0 aliphatic rings. The number of anilines is 1. The van der Waals surface area contributed by atoms with Gasteiger partial charge in [0.2, 0.25) is 5.91 Å². The van der Waals surface area contributed by atoms with Crippen molar-refractivity contribution in [3.05, 3.63) is 65.2 Å². The van der Waals surface area contributed by atoms with Crippen molar-refractivity contribution in [1.82, 2.24) is 5.32 Å². The minimum Gasteiger partial charge on any atom is -0.325 e. The van der Waals surface area contributed by atoms with Crippen LogP contribution in [0.4, 0.5) is 14.5 Å². The number of benzene rings is 2. The standard InChI is InChI=1S/C16H16F2N2O/c1-11-4-2-3-5-15(11)20-16(21)10-19-9-12-8-13(17)6-7-14(12)18/h2-8,19H,9-10H2,1H3,(H,20,21). The first-order valence-electron chi connectivity index (χ1n) is 6.56. The summed E-state index contributed by atoms with van der Waals surface area (Å²) in [5, 5.41) is 5.54. The van der Waals surface area contributed by atoms with Crippen LogP contribution in [-0.2, 0) is 11.3 Å². The first-order valence-corrected chi connectivity index (χ1v) is 6.56. The molecule has 0 heterocycles. The molecular weight excluding hydrogens is 274 g/mol. The molecule has 2 aromatic rings. The van der Waals surface area contributed by atoms with E-state index in [1.165, 1.54) is 0 Å². The highest BCUT2D eigenvalue weighted by atomic mass is 19.1. The molecule has 2 N–H and O–H groups in total. The molecule has 0 spiro atoms. The van der Waals surface area contributed by atoms with Gasteiger partial charge in [0.1, 0.15) is 11.6 Å². The Hall–Kier alpha value is -2.27. The molecule has 0 bridgehead atoms. The fourth-order valence-corrected chi connectivity index (χ4v) is 1.90. The van der Waals surface area contributed by atoms with E-state index in [2.05, 4.69) is 10.6 Å². The molecule has 2 rings (SSSR count). The average molecular weight is 290 g/mol. The van der Waals surface area contributed by atoms with Gasteiger partial charge >= 0.3 is 0 Å². The van der Waals surface area contributed by atoms with Crippen LogP contribution in [0.15, 0.2) is 42.5 Å². The summed E-state index contributed by atoms with van der Waals surface area (Å²) in [6, 6.07) is 10.7. The fourth-order valence-electron chi connectivity index (χ4n) is 1.90. The molecular formula is C16H16F2N2O. The summed E-state index contributed by atoms with van der Waals surface area (Å²) in [5.41, 5.74) is 1.89. The molecule has 0 saturated heterocycles. The second-order valence-corrected chi connectivity index (χ2v) is 4.70. The maximum absolute atomic E-state index is 13.4. The Morgan fingerprint density at radius 2 is 1.90 bits per heavy atom. The third-order valence-electron chi connectivity index (χ3n) is 3.03. The van der Waals surface area contributed by atoms with Gasteiger partial charge in [-0.1, -0.05) is 18.2 Å². The van der Waals surface area contributed by atoms with Gasteiger partial charge in [-0.15, -0.1) is 0 Å². The van der Waals surface area contributed by atoms with Gasteiger partial charge in [-0.25, -0.2) is 8.78 Å². The minimum absolute atomic E-state index is 0.0181. The van der Waals surface area contributed by atoms with E-state index in [0.717, 1.165) is 29.4 Å². The van der Waals surface area contributed by atoms with Crippen LogP contribution in [0.5, 0.6) is 0 Å². The van der Waals surface area contributed by atoms with Crippen LogP contribution >= 0.6 is 0 Å². The quantitative estimate of drug-likeness (QED) is 0.889. The van der Waals surface area contributed by atoms with Crippen molar-refractivity contribution < 1.29 is 13.6 Å². The average Bonchev–Trinajstić information content (AvgIpc) is 2.45. The summed E-state index contributed by atoms with van der Waals surface area (Å²) >= 11 is 0. The second kappa shape index (κ2) is 6.95. The van der Waals surface area contributed by atoms with Crippen LogP contribution < -0.4 is 10.6 Å². The second-order valence-electron chi connectivity index (χ2n) is 4.70. The molecule has 0 unspecified atom stereocenters. The normalized spacial score (nSPS) is 10.4. The first-order chi connectivity index (χ1) is 10.1. The lowest BCUT2D eigenvalue weighted by Crippen LogP contribution is -2.28. The first kappa shape index (κ1) is 15.1. The van der Waals surface area contributed by atoms with Crippen LogP contribution in [0.1, 0.15) is 11.1 Å². The Bertz CT molecular complexity index is 644. The maximum Gasteiger partial charge on any atom is 0.238 e. The van der Waals surface area contributed by atoms with Gasteiger partial charge in [0.25, 0.3) is 0 Å². The number of nitrogens with one attached hydrogen (secondary N) is 2. The molecule has 3 nitrogen and oxygen atoms in total. The van der Waals surface area contributed by atoms with Crippen molar-refractivity contribution >= 4 is 11.6 Å². The fraction of sp³-hybridized carbons (Fsp3) is 0.188. The number of amides is 1. The molecule has 110 valence electrons. The Kier molecular flexibility index (Phi) is 5.00. The van der Waals surface area contributed by atoms with E-state index in [9.17, 15) is 13.6 Å². The van der Waals surface area contributed by atoms with Crippen LogP contribution in [0.3, 0.4) is 0 Å². The van der Waals surface area contributed by atoms with E-state index in [-0.39, 0.29) is 24.6 Å². The number of hydrogen-bond donors (Lipinski definition) is 2. The molecule has 0 radical (unpaired) electrons. The van der Waals surface area contributed by atoms with Crippen molar-refractivity contribution in [2.24, 2.45) is 0 Å². The van der Waals surface area contributed by atoms with Crippen molar-refractivity contribution in [3.8, 4) is 0 Å². The summed E-state index contributed by atoms with van der Waals surface area (Å²) in [6.07, 6.45) is 0. The summed E-state index contributed by atoms with van der Waals surface area (Å²) in [5.74, 6) is -1.23. The highest BCUT2D eigenvalue weighted by molar-refractivity contribution is 5.92. The lowest BCUT2D eigenvalue weighted by molar-refractivity contribution is -0.115. The Balaban J connectivity index is 1.85. The van der Waals surface area contributed by atoms with Crippen molar-refractivity contribution in [2.75, 3.05) is 11.9 Å². The number of carbonyl (C=O) groups excluding carboxylic acids is 1. The lowest BCUT2D eigenvalue weighted by atomic mass is 10.2. The number of hydrogen-bond acceptors (Lipinski definition) is 2. The summed E-state index contributed by atoms with van der Waals surface area (Å²) in [7, 11) is 0. The van der Waals surface area contributed by atoms with E-state index in [1.54, 1.807) is 6.07 Å². The molecule has 0 aliphatic heterocycles. The van der Waals surface area contributed by atoms with E-state index < -0.39 is 11.6 Å². The van der Waals surface area contributed by atoms with E-state index in [4.69, 9.17) is 0 Å². The molecule has 0 aliphatic carbocycles. The molecule has 21 heavy (non-hydrogen) atoms. The van der Waals surface area contributed by atoms with Gasteiger partial charge in [0.15, 0.2) is 0 Å². The summed E-state index contributed by atoms with van der Waals surface area (Å²) in [6.45, 7) is 2.00. The zero-order valence-electron chi connectivity index (χ0n) is 11.6. The summed E-state index contributed by atoms with van der Waals surface area (Å²) < 4.78 is 26.4. The van der Waals surface area contributed by atoms with Crippen molar-refractivity contribution in [2.45, 2.75) is 13.5 Å². The maximum atomic E-state index is 13.4. The van der Waals surface area contributed by atoms with Crippen LogP contribution in [0.2, 0.25) is 0 Å². The topological polar surface area (TPSA) is 41.1 Å². The smallest absolute Gasteiger partial charge is 0.238 e. The molecule has 2 aromatic carbocycles. The molecule has 0 saturated carbocycles. The van der Waals surface area contributed by atoms with Crippen LogP contribution in [0, 0.1) is 18.6 Å². The minimum atomic E-state index is -0.502. The molecule has 0 aromatic heterocycles. The van der Waals surface area contributed by atoms with Crippen LogP contribution in [0.25, 0.3) is 0 Å². The lowest BCUT2D eigenvalue weighted by Gasteiger charge is -2.09. The van der Waals surface area contributed by atoms with Gasteiger partial charge < -0.3 is 10.6 Å². The monoisotopic (exact) mass is 290 g/mol.